The van der Waals surface area contributed by atoms with Crippen LogP contribution in [0.5, 0.6) is 17.2 Å². The lowest BCUT2D eigenvalue weighted by Crippen LogP contribution is -2.30. The molecule has 0 unspecified atom stereocenters. The molecule has 1 aliphatic rings. The number of carbonyl (C=O) groups is 1. The summed E-state index contributed by atoms with van der Waals surface area (Å²) in [6, 6.07) is 7.57. The molecular formula is C18H20N2O6S. The molecule has 1 heterocycles. The van der Waals surface area contributed by atoms with Crippen LogP contribution in [0.15, 0.2) is 35.2 Å². The second-order valence-corrected chi connectivity index (χ2v) is 7.53. The minimum absolute atomic E-state index is 0.173. The number of hydrogen-bond acceptors (Lipinski definition) is 7. The zero-order valence-corrected chi connectivity index (χ0v) is 16.0. The minimum Gasteiger partial charge on any atom is -0.493 e. The topological polar surface area (TPSA) is 103 Å². The highest BCUT2D eigenvalue weighted by molar-refractivity contribution is 7.90. The first-order valence-corrected chi connectivity index (χ1v) is 9.62. The molecule has 1 amide bonds. The molecule has 0 saturated heterocycles. The standard InChI is InChI=1S/C18H20N2O6S/c1-24-15-9-13(10-16(25-2)17(15)26-3)27(22,23)20-18(21)12-4-5-14-11(8-12)6-7-19-14/h4-5,8-10,19H,6-7H2,1-3H3,(H,20,21). The third kappa shape index (κ3) is 3.63. The van der Waals surface area contributed by atoms with Crippen LogP contribution in [0.25, 0.3) is 0 Å². The van der Waals surface area contributed by atoms with Crippen molar-refractivity contribution < 1.29 is 27.4 Å². The van der Waals surface area contributed by atoms with Crippen LogP contribution in [0.1, 0.15) is 15.9 Å². The number of hydrogen-bond donors (Lipinski definition) is 2. The maximum Gasteiger partial charge on any atom is 0.265 e. The summed E-state index contributed by atoms with van der Waals surface area (Å²) >= 11 is 0. The number of nitrogens with one attached hydrogen (secondary N) is 2. The van der Waals surface area contributed by atoms with Crippen LogP contribution in [-0.4, -0.2) is 42.2 Å². The quantitative estimate of drug-likeness (QED) is 0.773. The molecule has 0 bridgehead atoms. The normalized spacial score (nSPS) is 12.7. The number of carbonyl (C=O) groups excluding carboxylic acids is 1. The van der Waals surface area contributed by atoms with E-state index in [1.807, 2.05) is 0 Å². The Kier molecular flexibility index (Phi) is 5.13. The third-order valence-electron chi connectivity index (χ3n) is 4.25. The zero-order chi connectivity index (χ0) is 19.6. The van der Waals surface area contributed by atoms with Crippen molar-refractivity contribution in [3.63, 3.8) is 0 Å². The van der Waals surface area contributed by atoms with E-state index in [1.165, 1.54) is 33.5 Å². The molecule has 0 aliphatic carbocycles. The molecule has 2 aromatic rings. The molecule has 0 spiro atoms. The van der Waals surface area contributed by atoms with Gasteiger partial charge < -0.3 is 19.5 Å². The van der Waals surface area contributed by atoms with Gasteiger partial charge in [-0.1, -0.05) is 0 Å². The van der Waals surface area contributed by atoms with Crippen molar-refractivity contribution in [1.29, 1.82) is 0 Å². The van der Waals surface area contributed by atoms with E-state index in [-0.39, 0.29) is 27.7 Å². The van der Waals surface area contributed by atoms with Gasteiger partial charge in [0, 0.05) is 29.9 Å². The van der Waals surface area contributed by atoms with Crippen LogP contribution in [0.4, 0.5) is 5.69 Å². The Morgan fingerprint density at radius 3 is 2.30 bits per heavy atom. The van der Waals surface area contributed by atoms with E-state index >= 15 is 0 Å². The van der Waals surface area contributed by atoms with Crippen LogP contribution < -0.4 is 24.2 Å². The first kappa shape index (κ1) is 18.8. The molecule has 0 aromatic heterocycles. The Morgan fingerprint density at radius 1 is 1.04 bits per heavy atom. The molecule has 0 atom stereocenters. The fourth-order valence-corrected chi connectivity index (χ4v) is 3.90. The molecule has 27 heavy (non-hydrogen) atoms. The van der Waals surface area contributed by atoms with E-state index in [9.17, 15) is 13.2 Å². The van der Waals surface area contributed by atoms with Gasteiger partial charge in [-0.15, -0.1) is 0 Å². The molecule has 8 nitrogen and oxygen atoms in total. The number of rotatable bonds is 6. The van der Waals surface area contributed by atoms with E-state index in [0.29, 0.717) is 0 Å². The smallest absolute Gasteiger partial charge is 0.265 e. The maximum absolute atomic E-state index is 12.7. The van der Waals surface area contributed by atoms with Crippen molar-refractivity contribution in [3.8, 4) is 17.2 Å². The van der Waals surface area contributed by atoms with Gasteiger partial charge in [-0.05, 0) is 30.2 Å². The molecule has 2 aromatic carbocycles. The summed E-state index contributed by atoms with van der Waals surface area (Å²) < 4.78 is 43.0. The number of fused-ring (bicyclic) bond motifs is 1. The van der Waals surface area contributed by atoms with Crippen molar-refractivity contribution in [2.24, 2.45) is 0 Å². The number of anilines is 1. The van der Waals surface area contributed by atoms with Crippen molar-refractivity contribution >= 4 is 21.6 Å². The fourth-order valence-electron chi connectivity index (χ4n) is 2.90. The van der Waals surface area contributed by atoms with Crippen molar-refractivity contribution in [2.75, 3.05) is 33.2 Å². The number of ether oxygens (including phenoxy) is 3. The van der Waals surface area contributed by atoms with Gasteiger partial charge in [-0.25, -0.2) is 13.1 Å². The fraction of sp³-hybridized carbons (Fsp3) is 0.278. The SMILES string of the molecule is COc1cc(S(=O)(=O)NC(=O)c2ccc3c(c2)CCN3)cc(OC)c1OC. The van der Waals surface area contributed by atoms with Crippen LogP contribution >= 0.6 is 0 Å². The Morgan fingerprint density at radius 2 is 1.70 bits per heavy atom. The highest BCUT2D eigenvalue weighted by atomic mass is 32.2. The van der Waals surface area contributed by atoms with Gasteiger partial charge in [-0.2, -0.15) is 0 Å². The van der Waals surface area contributed by atoms with Crippen LogP contribution in [0.3, 0.4) is 0 Å². The lowest BCUT2D eigenvalue weighted by Gasteiger charge is -2.14. The Labute approximate surface area is 157 Å². The van der Waals surface area contributed by atoms with Gasteiger partial charge in [0.1, 0.15) is 0 Å². The Bertz CT molecular complexity index is 962. The second-order valence-electron chi connectivity index (χ2n) is 5.84. The van der Waals surface area contributed by atoms with Crippen LogP contribution in [-0.2, 0) is 16.4 Å². The molecule has 0 radical (unpaired) electrons. The predicted molar refractivity (Wildman–Crippen MR) is 99.4 cm³/mol. The predicted octanol–water partition coefficient (Wildman–Crippen LogP) is 1.80. The van der Waals surface area contributed by atoms with E-state index in [0.717, 1.165) is 24.2 Å². The van der Waals surface area contributed by atoms with E-state index in [2.05, 4.69) is 10.0 Å². The van der Waals surface area contributed by atoms with Crippen molar-refractivity contribution in [1.82, 2.24) is 4.72 Å². The molecule has 0 fully saturated rings. The van der Waals surface area contributed by atoms with Gasteiger partial charge in [-0.3, -0.25) is 4.79 Å². The van der Waals surface area contributed by atoms with E-state index in [4.69, 9.17) is 14.2 Å². The Balaban J connectivity index is 1.91. The molecule has 9 heteroatoms. The summed E-state index contributed by atoms with van der Waals surface area (Å²) in [5, 5.41) is 3.19. The lowest BCUT2D eigenvalue weighted by molar-refractivity contribution is 0.0981. The summed E-state index contributed by atoms with van der Waals surface area (Å²) in [6.45, 7) is 0.796. The summed E-state index contributed by atoms with van der Waals surface area (Å²) in [5.74, 6) is -0.101. The maximum atomic E-state index is 12.7. The van der Waals surface area contributed by atoms with E-state index < -0.39 is 15.9 Å². The summed E-state index contributed by atoms with van der Waals surface area (Å²) in [5.41, 5.74) is 2.21. The number of benzene rings is 2. The van der Waals surface area contributed by atoms with Gasteiger partial charge >= 0.3 is 0 Å². The highest BCUT2D eigenvalue weighted by Crippen LogP contribution is 2.39. The number of methoxy groups -OCH3 is 3. The van der Waals surface area contributed by atoms with E-state index in [1.54, 1.807) is 18.2 Å². The number of sulfonamides is 1. The molecule has 1 aliphatic heterocycles. The molecular weight excluding hydrogens is 372 g/mol. The highest BCUT2D eigenvalue weighted by Gasteiger charge is 2.24. The number of amides is 1. The average molecular weight is 392 g/mol. The van der Waals surface area contributed by atoms with Crippen molar-refractivity contribution in [2.45, 2.75) is 11.3 Å². The van der Waals surface area contributed by atoms with Gasteiger partial charge in [0.2, 0.25) is 5.75 Å². The first-order valence-electron chi connectivity index (χ1n) is 8.13. The monoisotopic (exact) mass is 392 g/mol. The summed E-state index contributed by atoms with van der Waals surface area (Å²) in [7, 11) is 0.0327. The second kappa shape index (κ2) is 7.36. The summed E-state index contributed by atoms with van der Waals surface area (Å²) in [4.78, 5) is 12.3. The third-order valence-corrected chi connectivity index (χ3v) is 5.56. The lowest BCUT2D eigenvalue weighted by atomic mass is 10.1. The van der Waals surface area contributed by atoms with Gasteiger partial charge in [0.05, 0.1) is 26.2 Å². The van der Waals surface area contributed by atoms with Crippen LogP contribution in [0, 0.1) is 0 Å². The molecule has 3 rings (SSSR count). The van der Waals surface area contributed by atoms with Crippen molar-refractivity contribution in [3.05, 3.63) is 41.5 Å². The van der Waals surface area contributed by atoms with Gasteiger partial charge in [0.25, 0.3) is 15.9 Å². The molecule has 2 N–H and O–H groups in total. The zero-order valence-electron chi connectivity index (χ0n) is 15.2. The van der Waals surface area contributed by atoms with Gasteiger partial charge in [0.15, 0.2) is 11.5 Å². The minimum atomic E-state index is -4.14. The Hall–Kier alpha value is -2.94. The van der Waals surface area contributed by atoms with Crippen LogP contribution in [0.2, 0.25) is 0 Å². The molecule has 0 saturated carbocycles. The molecule has 144 valence electrons. The summed E-state index contributed by atoms with van der Waals surface area (Å²) in [6.07, 6.45) is 0.788. The first-order chi connectivity index (χ1) is 12.9. The largest absolute Gasteiger partial charge is 0.493 e. The average Bonchev–Trinajstić information content (AvgIpc) is 3.14.